The number of hydrogen-bond donors (Lipinski definition) is 1. The van der Waals surface area contributed by atoms with Crippen molar-refractivity contribution < 1.29 is 26.4 Å². The SMILES string of the molecule is O=S(=O)(NOCC(F)(F)F)c1cncc(Br)c1. The van der Waals surface area contributed by atoms with Crippen molar-refractivity contribution in [3.8, 4) is 0 Å². The van der Waals surface area contributed by atoms with Crippen LogP contribution in [0.3, 0.4) is 0 Å². The maximum absolute atomic E-state index is 11.7. The van der Waals surface area contributed by atoms with E-state index < -0.39 is 22.8 Å². The van der Waals surface area contributed by atoms with Crippen LogP contribution in [0.4, 0.5) is 13.2 Å². The summed E-state index contributed by atoms with van der Waals surface area (Å²) in [7, 11) is -4.17. The first-order chi connectivity index (χ1) is 7.71. The van der Waals surface area contributed by atoms with Crippen molar-refractivity contribution in [2.75, 3.05) is 6.61 Å². The molecule has 96 valence electrons. The van der Waals surface area contributed by atoms with Gasteiger partial charge in [0.25, 0.3) is 10.0 Å². The molecular weight excluding hydrogens is 329 g/mol. The zero-order valence-corrected chi connectivity index (χ0v) is 10.4. The van der Waals surface area contributed by atoms with Crippen LogP contribution in [0.15, 0.2) is 27.8 Å². The van der Waals surface area contributed by atoms with Crippen LogP contribution >= 0.6 is 15.9 Å². The van der Waals surface area contributed by atoms with E-state index in [1.54, 1.807) is 0 Å². The number of hydrogen-bond acceptors (Lipinski definition) is 4. The van der Waals surface area contributed by atoms with Crippen LogP contribution in [0.25, 0.3) is 0 Å². The molecule has 1 heterocycles. The molecule has 0 amide bonds. The number of sulfonamides is 1. The van der Waals surface area contributed by atoms with E-state index in [2.05, 4.69) is 25.8 Å². The number of halogens is 4. The summed E-state index contributed by atoms with van der Waals surface area (Å²) >= 11 is 2.98. The highest BCUT2D eigenvalue weighted by atomic mass is 79.9. The summed E-state index contributed by atoms with van der Waals surface area (Å²) < 4.78 is 58.3. The van der Waals surface area contributed by atoms with Crippen molar-refractivity contribution in [2.24, 2.45) is 0 Å². The zero-order valence-electron chi connectivity index (χ0n) is 8.03. The summed E-state index contributed by atoms with van der Waals surface area (Å²) in [5.41, 5.74) is 0. The van der Waals surface area contributed by atoms with E-state index in [0.717, 1.165) is 6.20 Å². The Morgan fingerprint density at radius 3 is 2.59 bits per heavy atom. The normalized spacial score (nSPS) is 12.7. The lowest BCUT2D eigenvalue weighted by Gasteiger charge is -2.08. The van der Waals surface area contributed by atoms with Gasteiger partial charge in [-0.1, -0.05) is 4.89 Å². The Morgan fingerprint density at radius 2 is 2.06 bits per heavy atom. The van der Waals surface area contributed by atoms with E-state index in [1.165, 1.54) is 17.1 Å². The highest BCUT2D eigenvalue weighted by Gasteiger charge is 2.29. The highest BCUT2D eigenvalue weighted by Crippen LogP contribution is 2.16. The van der Waals surface area contributed by atoms with Gasteiger partial charge >= 0.3 is 6.18 Å². The third-order valence-corrected chi connectivity index (χ3v) is 3.01. The van der Waals surface area contributed by atoms with Gasteiger partial charge in [-0.25, -0.2) is 8.42 Å². The molecule has 0 radical (unpaired) electrons. The fourth-order valence-electron chi connectivity index (χ4n) is 0.776. The van der Waals surface area contributed by atoms with Gasteiger partial charge in [0.2, 0.25) is 0 Å². The van der Waals surface area contributed by atoms with Crippen LogP contribution in [-0.4, -0.2) is 26.2 Å². The maximum atomic E-state index is 11.7. The molecule has 0 saturated heterocycles. The second-order valence-corrected chi connectivity index (χ2v) is 5.39. The Kier molecular flexibility index (Phi) is 4.47. The molecule has 0 aliphatic heterocycles. The van der Waals surface area contributed by atoms with Crippen molar-refractivity contribution in [1.82, 2.24) is 9.87 Å². The van der Waals surface area contributed by atoms with Crippen molar-refractivity contribution >= 4 is 26.0 Å². The minimum atomic E-state index is -4.61. The zero-order chi connectivity index (χ0) is 13.1. The topological polar surface area (TPSA) is 68.3 Å². The van der Waals surface area contributed by atoms with Crippen LogP contribution in [0.5, 0.6) is 0 Å². The molecule has 0 fully saturated rings. The molecule has 10 heteroatoms. The summed E-state index contributed by atoms with van der Waals surface area (Å²) in [6.45, 7) is -1.71. The molecule has 0 aliphatic rings. The summed E-state index contributed by atoms with van der Waals surface area (Å²) in [4.78, 5) is 8.45. The van der Waals surface area contributed by atoms with E-state index in [0.29, 0.717) is 4.47 Å². The smallest absolute Gasteiger partial charge is 0.277 e. The standard InChI is InChI=1S/C7H6BrF3N2O3S/c8-5-1-6(3-12-2-5)17(14,15)13-16-4-7(9,10)11/h1-3,13H,4H2. The van der Waals surface area contributed by atoms with E-state index >= 15 is 0 Å². The third kappa shape index (κ3) is 4.98. The maximum Gasteiger partial charge on any atom is 0.413 e. The monoisotopic (exact) mass is 334 g/mol. The number of nitrogens with one attached hydrogen (secondary N) is 1. The molecule has 0 aliphatic carbocycles. The Bertz CT molecular complexity index is 491. The lowest BCUT2D eigenvalue weighted by molar-refractivity contribution is -0.181. The van der Waals surface area contributed by atoms with Gasteiger partial charge in [-0.3, -0.25) is 9.82 Å². The molecular formula is C7H6BrF3N2O3S. The molecule has 0 saturated carbocycles. The van der Waals surface area contributed by atoms with Gasteiger partial charge in [0.1, 0.15) is 4.90 Å². The fraction of sp³-hybridized carbons (Fsp3) is 0.286. The van der Waals surface area contributed by atoms with Crippen molar-refractivity contribution in [2.45, 2.75) is 11.1 Å². The number of nitrogens with zero attached hydrogens (tertiary/aromatic N) is 1. The average molecular weight is 335 g/mol. The summed E-state index contributed by atoms with van der Waals surface area (Å²) in [6.07, 6.45) is -2.31. The van der Waals surface area contributed by atoms with Gasteiger partial charge in [0, 0.05) is 16.9 Å². The second kappa shape index (κ2) is 5.29. The quantitative estimate of drug-likeness (QED) is 0.849. The number of alkyl halides is 3. The molecule has 17 heavy (non-hydrogen) atoms. The fourth-order valence-corrected chi connectivity index (χ4v) is 2.08. The van der Waals surface area contributed by atoms with Gasteiger partial charge in [-0.15, -0.1) is 0 Å². The molecule has 1 N–H and O–H groups in total. The van der Waals surface area contributed by atoms with Gasteiger partial charge in [0.15, 0.2) is 6.61 Å². The molecule has 5 nitrogen and oxygen atoms in total. The van der Waals surface area contributed by atoms with Crippen molar-refractivity contribution in [3.05, 3.63) is 22.9 Å². The first-order valence-electron chi connectivity index (χ1n) is 4.01. The van der Waals surface area contributed by atoms with Gasteiger partial charge in [-0.05, 0) is 22.0 Å². The third-order valence-electron chi connectivity index (χ3n) is 1.39. The second-order valence-electron chi connectivity index (χ2n) is 2.83. The van der Waals surface area contributed by atoms with Crippen molar-refractivity contribution in [1.29, 1.82) is 0 Å². The van der Waals surface area contributed by atoms with Crippen LogP contribution in [0.1, 0.15) is 0 Å². The summed E-state index contributed by atoms with van der Waals surface area (Å²) in [5.74, 6) is 0. The minimum Gasteiger partial charge on any atom is -0.277 e. The molecule has 0 aromatic carbocycles. The van der Waals surface area contributed by atoms with E-state index in [-0.39, 0.29) is 4.90 Å². The van der Waals surface area contributed by atoms with Gasteiger partial charge in [0.05, 0.1) is 0 Å². The molecule has 0 spiro atoms. The predicted molar refractivity (Wildman–Crippen MR) is 54.3 cm³/mol. The van der Waals surface area contributed by atoms with Crippen LogP contribution in [0, 0.1) is 0 Å². The Balaban J connectivity index is 2.70. The van der Waals surface area contributed by atoms with E-state index in [4.69, 9.17) is 0 Å². The Hall–Kier alpha value is -0.710. The first-order valence-corrected chi connectivity index (χ1v) is 6.29. The molecule has 0 unspecified atom stereocenters. The molecule has 1 aromatic rings. The van der Waals surface area contributed by atoms with Crippen LogP contribution < -0.4 is 4.89 Å². The molecule has 0 bridgehead atoms. The van der Waals surface area contributed by atoms with Crippen molar-refractivity contribution in [3.63, 3.8) is 0 Å². The first kappa shape index (κ1) is 14.4. The van der Waals surface area contributed by atoms with E-state index in [1.807, 2.05) is 0 Å². The molecule has 1 rings (SSSR count). The van der Waals surface area contributed by atoms with Gasteiger partial charge < -0.3 is 0 Å². The Labute approximate surface area is 103 Å². The highest BCUT2D eigenvalue weighted by molar-refractivity contribution is 9.10. The number of pyridine rings is 1. The number of aromatic nitrogens is 1. The summed E-state index contributed by atoms with van der Waals surface area (Å²) in [6, 6.07) is 1.17. The van der Waals surface area contributed by atoms with Gasteiger partial charge in [-0.2, -0.15) is 13.2 Å². The molecule has 1 aromatic heterocycles. The van der Waals surface area contributed by atoms with Crippen LogP contribution in [0.2, 0.25) is 0 Å². The molecule has 0 atom stereocenters. The Morgan fingerprint density at radius 1 is 1.41 bits per heavy atom. The minimum absolute atomic E-state index is 0.311. The largest absolute Gasteiger partial charge is 0.413 e. The predicted octanol–water partition coefficient (Wildman–Crippen LogP) is 1.62. The lowest BCUT2D eigenvalue weighted by Crippen LogP contribution is -2.29. The van der Waals surface area contributed by atoms with E-state index in [9.17, 15) is 21.6 Å². The summed E-state index contributed by atoms with van der Waals surface area (Å²) in [5, 5.41) is 0. The van der Waals surface area contributed by atoms with Crippen LogP contribution in [-0.2, 0) is 14.9 Å². The lowest BCUT2D eigenvalue weighted by atomic mass is 10.5. The number of rotatable bonds is 4. The average Bonchev–Trinajstić information content (AvgIpc) is 2.15.